The van der Waals surface area contributed by atoms with Crippen molar-refractivity contribution in [3.05, 3.63) is 0 Å². The van der Waals surface area contributed by atoms with Gasteiger partial charge in [-0.2, -0.15) is 0 Å². The Morgan fingerprint density at radius 2 is 0.610 bits per heavy atom. The number of rotatable bonds is 21. The Morgan fingerprint density at radius 1 is 0.463 bits per heavy atom. The minimum atomic E-state index is -4.87. The third-order valence-electron chi connectivity index (χ3n) is 7.99. The van der Waals surface area contributed by atoms with Gasteiger partial charge in [-0.1, -0.05) is 41.5 Å². The van der Waals surface area contributed by atoms with Crippen molar-refractivity contribution in [2.45, 2.75) is 176 Å². The molecule has 0 aromatic rings. The normalized spacial score (nSPS) is 19.7. The lowest BCUT2D eigenvalue weighted by Crippen LogP contribution is -2.61. The van der Waals surface area contributed by atoms with E-state index in [1.807, 2.05) is 0 Å². The van der Waals surface area contributed by atoms with Crippen LogP contribution in [-0.4, -0.2) is 99.9 Å². The van der Waals surface area contributed by atoms with Gasteiger partial charge in [-0.25, -0.2) is 19.3 Å². The van der Waals surface area contributed by atoms with Gasteiger partial charge in [-0.3, -0.25) is 13.6 Å². The van der Waals surface area contributed by atoms with E-state index in [1.165, 1.54) is 56.2 Å². The molecule has 0 rings (SSSR count). The first-order chi connectivity index (χ1) is 18.8. The fraction of sp³-hybridized carbons (Fsp3) is 1.00. The number of phosphoric ester groups is 1. The highest BCUT2D eigenvalue weighted by Crippen LogP contribution is 2.62. The van der Waals surface area contributed by atoms with E-state index in [2.05, 4.69) is 0 Å². The van der Waals surface area contributed by atoms with Gasteiger partial charge in [0.2, 0.25) is 0 Å². The lowest BCUT2D eigenvalue weighted by molar-refractivity contribution is -0.264. The van der Waals surface area contributed by atoms with E-state index in [-0.39, 0.29) is 38.5 Å². The first-order valence-corrected chi connectivity index (χ1v) is 16.4. The van der Waals surface area contributed by atoms with Gasteiger partial charge in [-0.15, -0.1) is 0 Å². The van der Waals surface area contributed by atoms with Gasteiger partial charge in [0.05, 0.1) is 0 Å². The van der Waals surface area contributed by atoms with Crippen LogP contribution in [-0.2, 0) is 18.1 Å². The number of phosphoric acid groups is 1. The molecule has 0 aromatic carbocycles. The summed E-state index contributed by atoms with van der Waals surface area (Å²) in [4.78, 5) is 3.77. The summed E-state index contributed by atoms with van der Waals surface area (Å²) in [6, 6.07) is 0. The first-order valence-electron chi connectivity index (χ1n) is 14.9. The fourth-order valence-electron chi connectivity index (χ4n) is 6.03. The molecule has 0 aliphatic heterocycles. The molecule has 6 atom stereocenters. The van der Waals surface area contributed by atoms with Crippen LogP contribution in [0.2, 0.25) is 0 Å². The van der Waals surface area contributed by atoms with Crippen LogP contribution in [0, 0.1) is 0 Å². The Kier molecular flexibility index (Phi) is 16.6. The summed E-state index contributed by atoms with van der Waals surface area (Å²) < 4.78 is 34.4. The molecule has 0 aliphatic rings. The standard InChI is InChI=1S/C27H60N3O10P/c1-13-25(14-2,28(19(7)31)20(8)32)38-41(37,39-26(15-3,16-4)29(21(9)33)22(10)34)40-27(17-5,18-6)30(23(11)35)24(12)36/h19-24,31-36H,13-18H2,1-12H3. The van der Waals surface area contributed by atoms with Crippen LogP contribution in [0.4, 0.5) is 0 Å². The van der Waals surface area contributed by atoms with Crippen molar-refractivity contribution in [1.82, 2.24) is 14.7 Å². The minimum Gasteiger partial charge on any atom is -0.379 e. The van der Waals surface area contributed by atoms with Gasteiger partial charge in [0, 0.05) is 0 Å². The number of aliphatic hydroxyl groups is 6. The van der Waals surface area contributed by atoms with E-state index in [0.29, 0.717) is 0 Å². The molecular weight excluding hydrogens is 557 g/mol. The molecule has 0 radical (unpaired) electrons. The monoisotopic (exact) mass is 617 g/mol. The summed E-state index contributed by atoms with van der Waals surface area (Å²) in [6.07, 6.45) is -6.56. The van der Waals surface area contributed by atoms with Gasteiger partial charge >= 0.3 is 7.82 Å². The van der Waals surface area contributed by atoms with Gasteiger partial charge < -0.3 is 30.6 Å². The molecule has 248 valence electrons. The van der Waals surface area contributed by atoms with E-state index < -0.39 is 62.4 Å². The van der Waals surface area contributed by atoms with Crippen LogP contribution in [0.3, 0.4) is 0 Å². The number of aliphatic hydroxyl groups excluding tert-OH is 6. The second-order valence-electron chi connectivity index (χ2n) is 10.7. The Morgan fingerprint density at radius 3 is 0.707 bits per heavy atom. The largest absolute Gasteiger partial charge is 0.480 e. The molecule has 0 fully saturated rings. The summed E-state index contributed by atoms with van der Waals surface area (Å²) in [6.45, 7) is 19.1. The summed E-state index contributed by atoms with van der Waals surface area (Å²) in [5.74, 6) is 0. The first kappa shape index (κ1) is 40.8. The van der Waals surface area contributed by atoms with Gasteiger partial charge in [0.25, 0.3) is 0 Å². The highest BCUT2D eigenvalue weighted by Gasteiger charge is 2.56. The predicted octanol–water partition coefficient (Wildman–Crippen LogP) is 3.63. The zero-order chi connectivity index (χ0) is 32.6. The molecule has 0 saturated carbocycles. The predicted molar refractivity (Wildman–Crippen MR) is 156 cm³/mol. The van der Waals surface area contributed by atoms with Crippen LogP contribution in [0.25, 0.3) is 0 Å². The third-order valence-corrected chi connectivity index (χ3v) is 9.68. The number of nitrogens with zero attached hydrogens (tertiary/aromatic N) is 3. The van der Waals surface area contributed by atoms with Crippen LogP contribution >= 0.6 is 7.82 Å². The van der Waals surface area contributed by atoms with Crippen molar-refractivity contribution in [2.24, 2.45) is 0 Å². The van der Waals surface area contributed by atoms with Crippen molar-refractivity contribution in [2.75, 3.05) is 0 Å². The molecule has 13 nitrogen and oxygen atoms in total. The topological polar surface area (TPSA) is 176 Å². The summed E-state index contributed by atoms with van der Waals surface area (Å²) in [5, 5.41) is 64.0. The molecule has 41 heavy (non-hydrogen) atoms. The quantitative estimate of drug-likeness (QED) is 0.0814. The molecule has 6 N–H and O–H groups in total. The molecule has 0 amide bonds. The zero-order valence-corrected chi connectivity index (χ0v) is 28.2. The van der Waals surface area contributed by atoms with Crippen molar-refractivity contribution >= 4 is 7.82 Å². The smallest absolute Gasteiger partial charge is 0.379 e. The molecule has 0 aliphatic carbocycles. The van der Waals surface area contributed by atoms with E-state index in [4.69, 9.17) is 13.6 Å². The van der Waals surface area contributed by atoms with Crippen molar-refractivity contribution in [1.29, 1.82) is 0 Å². The van der Waals surface area contributed by atoms with Crippen LogP contribution in [0.15, 0.2) is 0 Å². The average molecular weight is 618 g/mol. The van der Waals surface area contributed by atoms with Crippen molar-refractivity contribution in [3.8, 4) is 0 Å². The van der Waals surface area contributed by atoms with Gasteiger partial charge in [0.15, 0.2) is 0 Å². The van der Waals surface area contributed by atoms with Crippen LogP contribution in [0.1, 0.15) is 122 Å². The Hall–Kier alpha value is -0.250. The van der Waals surface area contributed by atoms with E-state index in [0.717, 1.165) is 0 Å². The molecule has 0 aromatic heterocycles. The Labute approximate surface area is 247 Å². The van der Waals surface area contributed by atoms with Crippen LogP contribution in [0.5, 0.6) is 0 Å². The second-order valence-corrected chi connectivity index (χ2v) is 12.1. The van der Waals surface area contributed by atoms with E-state index in [9.17, 15) is 30.6 Å². The van der Waals surface area contributed by atoms with Gasteiger partial charge in [0.1, 0.15) is 54.5 Å². The van der Waals surface area contributed by atoms with E-state index in [1.54, 1.807) is 41.5 Å². The highest BCUT2D eigenvalue weighted by molar-refractivity contribution is 7.48. The van der Waals surface area contributed by atoms with Gasteiger partial charge in [-0.05, 0) is 80.1 Å². The molecule has 14 heteroatoms. The maximum Gasteiger partial charge on any atom is 0.480 e. The SMILES string of the molecule is CCC(CC)(OP(=O)(OC(CC)(CC)N(C(C)O)C(C)O)OC(CC)(CC)N(C(C)O)C(C)O)N(C(C)O)C(C)O. The third kappa shape index (κ3) is 9.37. The lowest BCUT2D eigenvalue weighted by atomic mass is 10.0. The van der Waals surface area contributed by atoms with Crippen LogP contribution < -0.4 is 0 Å². The number of hydrogen-bond donors (Lipinski definition) is 6. The highest BCUT2D eigenvalue weighted by atomic mass is 31.2. The summed E-state index contributed by atoms with van der Waals surface area (Å²) in [5.41, 5.74) is -4.71. The zero-order valence-electron chi connectivity index (χ0n) is 27.3. The molecule has 0 spiro atoms. The molecule has 0 bridgehead atoms. The average Bonchev–Trinajstić information content (AvgIpc) is 2.85. The Bertz CT molecular complexity index is 661. The second kappa shape index (κ2) is 16.7. The van der Waals surface area contributed by atoms with Crippen molar-refractivity contribution in [3.63, 3.8) is 0 Å². The minimum absolute atomic E-state index is 0.138. The molecule has 6 unspecified atom stereocenters. The Balaban J connectivity index is 7.62. The van der Waals surface area contributed by atoms with Crippen molar-refractivity contribution < 1.29 is 48.8 Å². The number of hydrogen-bond acceptors (Lipinski definition) is 13. The summed E-state index contributed by atoms with van der Waals surface area (Å²) >= 11 is 0. The summed E-state index contributed by atoms with van der Waals surface area (Å²) in [7, 11) is -4.87. The molecular formula is C27H60N3O10P. The maximum absolute atomic E-state index is 15.2. The maximum atomic E-state index is 15.2. The molecule has 0 saturated heterocycles. The molecule has 0 heterocycles. The fourth-order valence-corrected chi connectivity index (χ4v) is 8.45. The lowest BCUT2D eigenvalue weighted by Gasteiger charge is -2.52. The van der Waals surface area contributed by atoms with E-state index >= 15 is 4.57 Å².